The Bertz CT molecular complexity index is 265. The fraction of sp³-hybridized carbons (Fsp3) is 0.556. The van der Waals surface area contributed by atoms with Crippen molar-refractivity contribution in [3.63, 3.8) is 0 Å². The van der Waals surface area contributed by atoms with Crippen molar-refractivity contribution in [1.82, 2.24) is 9.97 Å². The van der Waals surface area contributed by atoms with Gasteiger partial charge < -0.3 is 10.5 Å². The number of hydrogen-bond donors (Lipinski definition) is 1. The van der Waals surface area contributed by atoms with Crippen molar-refractivity contribution in [3.8, 4) is 0 Å². The van der Waals surface area contributed by atoms with Gasteiger partial charge in [0.25, 0.3) is 0 Å². The van der Waals surface area contributed by atoms with E-state index in [0.717, 1.165) is 11.4 Å². The number of ether oxygens (including phenoxy) is 1. The standard InChI is InChI=1S/C9H15N3O/c1-7-3-9(12-6-11-7)8(4-10)5-13-2/h3,6,8H,4-5,10H2,1-2H3. The third-order valence-corrected chi connectivity index (χ3v) is 1.90. The third-order valence-electron chi connectivity index (χ3n) is 1.90. The van der Waals surface area contributed by atoms with Crippen molar-refractivity contribution in [2.24, 2.45) is 5.73 Å². The van der Waals surface area contributed by atoms with Gasteiger partial charge in [-0.2, -0.15) is 0 Å². The Hall–Kier alpha value is -1.00. The largest absolute Gasteiger partial charge is 0.384 e. The van der Waals surface area contributed by atoms with Crippen LogP contribution in [-0.2, 0) is 4.74 Å². The van der Waals surface area contributed by atoms with Crippen molar-refractivity contribution in [1.29, 1.82) is 0 Å². The lowest BCUT2D eigenvalue weighted by Gasteiger charge is -2.12. The summed E-state index contributed by atoms with van der Waals surface area (Å²) in [5.41, 5.74) is 7.51. The predicted octanol–water partition coefficient (Wildman–Crippen LogP) is 0.474. The zero-order chi connectivity index (χ0) is 9.68. The van der Waals surface area contributed by atoms with E-state index in [-0.39, 0.29) is 5.92 Å². The molecule has 0 amide bonds. The van der Waals surface area contributed by atoms with Crippen molar-refractivity contribution in [2.75, 3.05) is 20.3 Å². The number of methoxy groups -OCH3 is 1. The topological polar surface area (TPSA) is 61.0 Å². The van der Waals surface area contributed by atoms with E-state index in [2.05, 4.69) is 9.97 Å². The molecule has 0 aliphatic carbocycles. The normalized spacial score (nSPS) is 12.8. The maximum Gasteiger partial charge on any atom is 0.115 e. The molecule has 1 heterocycles. The summed E-state index contributed by atoms with van der Waals surface area (Å²) < 4.78 is 5.05. The fourth-order valence-electron chi connectivity index (χ4n) is 1.17. The molecule has 1 atom stereocenters. The van der Waals surface area contributed by atoms with Gasteiger partial charge in [-0.3, -0.25) is 0 Å². The van der Waals surface area contributed by atoms with E-state index in [1.54, 1.807) is 13.4 Å². The first-order valence-electron chi connectivity index (χ1n) is 4.25. The predicted molar refractivity (Wildman–Crippen MR) is 50.4 cm³/mol. The van der Waals surface area contributed by atoms with Crippen LogP contribution in [-0.4, -0.2) is 30.2 Å². The van der Waals surface area contributed by atoms with Crippen LogP contribution in [0.4, 0.5) is 0 Å². The molecule has 0 saturated carbocycles. The molecule has 0 spiro atoms. The Morgan fingerprint density at radius 3 is 2.85 bits per heavy atom. The van der Waals surface area contributed by atoms with Gasteiger partial charge in [-0.25, -0.2) is 9.97 Å². The minimum Gasteiger partial charge on any atom is -0.384 e. The van der Waals surface area contributed by atoms with Crippen molar-refractivity contribution in [3.05, 3.63) is 23.8 Å². The average Bonchev–Trinajstić information content (AvgIpc) is 2.14. The van der Waals surface area contributed by atoms with Crippen molar-refractivity contribution < 1.29 is 4.74 Å². The Kier molecular flexibility index (Phi) is 3.79. The summed E-state index contributed by atoms with van der Waals surface area (Å²) in [6, 6.07) is 1.94. The fourth-order valence-corrected chi connectivity index (χ4v) is 1.17. The van der Waals surface area contributed by atoms with Gasteiger partial charge in [-0.15, -0.1) is 0 Å². The van der Waals surface area contributed by atoms with Crippen LogP contribution in [0.15, 0.2) is 12.4 Å². The number of nitrogens with zero attached hydrogens (tertiary/aromatic N) is 2. The van der Waals surface area contributed by atoms with Crippen LogP contribution in [0.2, 0.25) is 0 Å². The average molecular weight is 181 g/mol. The number of aromatic nitrogens is 2. The molecule has 0 fully saturated rings. The molecule has 0 aliphatic heterocycles. The van der Waals surface area contributed by atoms with Crippen LogP contribution in [0.25, 0.3) is 0 Å². The molecule has 0 aromatic carbocycles. The van der Waals surface area contributed by atoms with E-state index in [4.69, 9.17) is 10.5 Å². The molecule has 1 unspecified atom stereocenters. The maximum absolute atomic E-state index is 5.60. The molecule has 0 radical (unpaired) electrons. The van der Waals surface area contributed by atoms with Gasteiger partial charge in [0.2, 0.25) is 0 Å². The minimum atomic E-state index is 0.173. The first-order valence-corrected chi connectivity index (χ1v) is 4.25. The highest BCUT2D eigenvalue weighted by molar-refractivity contribution is 5.12. The summed E-state index contributed by atoms with van der Waals surface area (Å²) in [6.07, 6.45) is 1.56. The zero-order valence-corrected chi connectivity index (χ0v) is 8.03. The molecule has 0 bridgehead atoms. The molecule has 0 saturated heterocycles. The van der Waals surface area contributed by atoms with E-state index in [1.807, 2.05) is 13.0 Å². The molecular formula is C9H15N3O. The van der Waals surface area contributed by atoms with Crippen LogP contribution >= 0.6 is 0 Å². The quantitative estimate of drug-likeness (QED) is 0.733. The molecular weight excluding hydrogens is 166 g/mol. The molecule has 13 heavy (non-hydrogen) atoms. The summed E-state index contributed by atoms with van der Waals surface area (Å²) in [5.74, 6) is 0.173. The summed E-state index contributed by atoms with van der Waals surface area (Å²) in [6.45, 7) is 3.09. The number of hydrogen-bond acceptors (Lipinski definition) is 4. The molecule has 1 aromatic heterocycles. The lowest BCUT2D eigenvalue weighted by atomic mass is 10.1. The summed E-state index contributed by atoms with van der Waals surface area (Å²) in [5, 5.41) is 0. The highest BCUT2D eigenvalue weighted by atomic mass is 16.5. The van der Waals surface area contributed by atoms with Crippen LogP contribution in [0.3, 0.4) is 0 Å². The first kappa shape index (κ1) is 10.1. The van der Waals surface area contributed by atoms with Gasteiger partial charge in [0.1, 0.15) is 6.33 Å². The highest BCUT2D eigenvalue weighted by Crippen LogP contribution is 2.11. The van der Waals surface area contributed by atoms with Gasteiger partial charge >= 0.3 is 0 Å². The maximum atomic E-state index is 5.60. The summed E-state index contributed by atoms with van der Waals surface area (Å²) >= 11 is 0. The molecule has 4 nitrogen and oxygen atoms in total. The zero-order valence-electron chi connectivity index (χ0n) is 8.03. The lowest BCUT2D eigenvalue weighted by Crippen LogP contribution is -2.18. The van der Waals surface area contributed by atoms with Crippen molar-refractivity contribution in [2.45, 2.75) is 12.8 Å². The molecule has 0 aliphatic rings. The van der Waals surface area contributed by atoms with E-state index < -0.39 is 0 Å². The second-order valence-electron chi connectivity index (χ2n) is 2.97. The summed E-state index contributed by atoms with van der Waals surface area (Å²) in [4.78, 5) is 8.18. The van der Waals surface area contributed by atoms with Gasteiger partial charge in [0.05, 0.1) is 12.3 Å². The van der Waals surface area contributed by atoms with Gasteiger partial charge in [0, 0.05) is 25.3 Å². The number of aryl methyl sites for hydroxylation is 1. The van der Waals surface area contributed by atoms with Gasteiger partial charge in [-0.1, -0.05) is 0 Å². The monoisotopic (exact) mass is 181 g/mol. The van der Waals surface area contributed by atoms with E-state index in [9.17, 15) is 0 Å². The molecule has 2 N–H and O–H groups in total. The van der Waals surface area contributed by atoms with E-state index in [0.29, 0.717) is 13.2 Å². The van der Waals surface area contributed by atoms with Crippen molar-refractivity contribution >= 4 is 0 Å². The van der Waals surface area contributed by atoms with E-state index in [1.165, 1.54) is 0 Å². The first-order chi connectivity index (χ1) is 6.27. The smallest absolute Gasteiger partial charge is 0.115 e. The molecule has 1 aromatic rings. The Morgan fingerprint density at radius 2 is 2.31 bits per heavy atom. The Labute approximate surface area is 78.1 Å². The Balaban J connectivity index is 2.78. The molecule has 4 heteroatoms. The van der Waals surface area contributed by atoms with Crippen LogP contribution in [0.1, 0.15) is 17.3 Å². The Morgan fingerprint density at radius 1 is 1.54 bits per heavy atom. The second kappa shape index (κ2) is 4.89. The molecule has 72 valence electrons. The van der Waals surface area contributed by atoms with Crippen LogP contribution in [0.5, 0.6) is 0 Å². The second-order valence-corrected chi connectivity index (χ2v) is 2.97. The molecule has 1 rings (SSSR count). The van der Waals surface area contributed by atoms with Gasteiger partial charge in [-0.05, 0) is 13.0 Å². The van der Waals surface area contributed by atoms with E-state index >= 15 is 0 Å². The highest BCUT2D eigenvalue weighted by Gasteiger charge is 2.10. The third kappa shape index (κ3) is 2.75. The van der Waals surface area contributed by atoms with Crippen LogP contribution in [0, 0.1) is 6.92 Å². The minimum absolute atomic E-state index is 0.173. The van der Waals surface area contributed by atoms with Crippen LogP contribution < -0.4 is 5.73 Å². The summed E-state index contributed by atoms with van der Waals surface area (Å²) in [7, 11) is 1.66. The lowest BCUT2D eigenvalue weighted by molar-refractivity contribution is 0.180. The van der Waals surface area contributed by atoms with Gasteiger partial charge in [0.15, 0.2) is 0 Å². The SMILES string of the molecule is COCC(CN)c1cc(C)ncn1. The number of nitrogens with two attached hydrogens (primary N) is 1. The number of rotatable bonds is 4.